The van der Waals surface area contributed by atoms with Gasteiger partial charge < -0.3 is 5.73 Å². The van der Waals surface area contributed by atoms with Crippen molar-refractivity contribution in [3.05, 3.63) is 0 Å². The number of rotatable bonds is 5. The molecule has 0 aromatic heterocycles. The number of alkyl halides is 3. The summed E-state index contributed by atoms with van der Waals surface area (Å²) in [5, 5.41) is 0. The summed E-state index contributed by atoms with van der Waals surface area (Å²) >= 11 is 0. The molecule has 0 saturated heterocycles. The predicted molar refractivity (Wildman–Crippen MR) is 62.7 cm³/mol. The molecular formula is C12H23F3N2. The number of halogens is 3. The molecule has 1 aliphatic rings. The van der Waals surface area contributed by atoms with Crippen molar-refractivity contribution in [3.8, 4) is 0 Å². The molecule has 2 atom stereocenters. The van der Waals surface area contributed by atoms with Gasteiger partial charge in [-0.15, -0.1) is 0 Å². The first-order chi connectivity index (χ1) is 7.79. The van der Waals surface area contributed by atoms with Crippen molar-refractivity contribution < 1.29 is 13.2 Å². The average Bonchev–Trinajstić information content (AvgIpc) is 2.56. The molecule has 1 rings (SSSR count). The van der Waals surface area contributed by atoms with E-state index in [1.807, 2.05) is 0 Å². The number of nitrogens with zero attached hydrogens (tertiary/aromatic N) is 1. The molecule has 0 radical (unpaired) electrons. The average molecular weight is 252 g/mol. The zero-order valence-corrected chi connectivity index (χ0v) is 10.6. The van der Waals surface area contributed by atoms with Crippen LogP contribution in [-0.2, 0) is 0 Å². The molecule has 1 saturated carbocycles. The SMILES string of the molecule is CC(C)N(CCC1CCCC1N)CC(F)(F)F. The number of nitrogens with two attached hydrogens (primary N) is 1. The van der Waals surface area contributed by atoms with Gasteiger partial charge in [-0.3, -0.25) is 4.90 Å². The maximum Gasteiger partial charge on any atom is 0.401 e. The molecule has 17 heavy (non-hydrogen) atoms. The summed E-state index contributed by atoms with van der Waals surface area (Å²) in [6.07, 6.45) is -0.116. The molecule has 102 valence electrons. The Bertz CT molecular complexity index is 228. The molecule has 5 heteroatoms. The highest BCUT2D eigenvalue weighted by molar-refractivity contribution is 4.81. The third-order valence-corrected chi connectivity index (χ3v) is 3.62. The van der Waals surface area contributed by atoms with Crippen LogP contribution in [0.2, 0.25) is 0 Å². The lowest BCUT2D eigenvalue weighted by atomic mass is 10.00. The summed E-state index contributed by atoms with van der Waals surface area (Å²) in [6.45, 7) is 3.29. The van der Waals surface area contributed by atoms with Crippen molar-refractivity contribution in [2.75, 3.05) is 13.1 Å². The Morgan fingerprint density at radius 1 is 1.29 bits per heavy atom. The second kappa shape index (κ2) is 6.05. The van der Waals surface area contributed by atoms with Crippen molar-refractivity contribution in [3.63, 3.8) is 0 Å². The number of hydrogen-bond donors (Lipinski definition) is 1. The Hall–Kier alpha value is -0.290. The van der Waals surface area contributed by atoms with E-state index in [-0.39, 0.29) is 12.1 Å². The second-order valence-electron chi connectivity index (χ2n) is 5.32. The third kappa shape index (κ3) is 5.25. The Morgan fingerprint density at radius 3 is 2.35 bits per heavy atom. The topological polar surface area (TPSA) is 29.3 Å². The van der Waals surface area contributed by atoms with Crippen LogP contribution in [0, 0.1) is 5.92 Å². The minimum Gasteiger partial charge on any atom is -0.327 e. The Morgan fingerprint density at radius 2 is 1.94 bits per heavy atom. The minimum absolute atomic E-state index is 0.0748. The van der Waals surface area contributed by atoms with E-state index < -0.39 is 12.7 Å². The van der Waals surface area contributed by atoms with Crippen molar-refractivity contribution >= 4 is 0 Å². The van der Waals surface area contributed by atoms with Gasteiger partial charge in [-0.2, -0.15) is 13.2 Å². The molecule has 2 unspecified atom stereocenters. The van der Waals surface area contributed by atoms with E-state index in [9.17, 15) is 13.2 Å². The van der Waals surface area contributed by atoms with Crippen LogP contribution in [0.15, 0.2) is 0 Å². The maximum atomic E-state index is 12.4. The van der Waals surface area contributed by atoms with Crippen LogP contribution in [-0.4, -0.2) is 36.2 Å². The zero-order valence-electron chi connectivity index (χ0n) is 10.6. The summed E-state index contributed by atoms with van der Waals surface area (Å²) in [6, 6.07) is 0.115. The fourth-order valence-electron chi connectivity index (χ4n) is 2.51. The molecule has 1 aliphatic carbocycles. The van der Waals surface area contributed by atoms with Gasteiger partial charge in [-0.1, -0.05) is 6.42 Å². The number of hydrogen-bond acceptors (Lipinski definition) is 2. The molecule has 1 fully saturated rings. The second-order valence-corrected chi connectivity index (χ2v) is 5.32. The van der Waals surface area contributed by atoms with Gasteiger partial charge in [0, 0.05) is 12.1 Å². The van der Waals surface area contributed by atoms with Crippen LogP contribution < -0.4 is 5.73 Å². The molecule has 0 heterocycles. The van der Waals surface area contributed by atoms with Gasteiger partial charge in [0.2, 0.25) is 0 Å². The lowest BCUT2D eigenvalue weighted by molar-refractivity contribution is -0.150. The van der Waals surface area contributed by atoms with E-state index in [1.165, 1.54) is 4.90 Å². The van der Waals surface area contributed by atoms with Crippen molar-refractivity contribution in [1.82, 2.24) is 4.90 Å². The molecule has 2 nitrogen and oxygen atoms in total. The molecule has 0 aromatic rings. The van der Waals surface area contributed by atoms with Gasteiger partial charge in [-0.25, -0.2) is 0 Å². The smallest absolute Gasteiger partial charge is 0.327 e. The zero-order chi connectivity index (χ0) is 13.1. The fraction of sp³-hybridized carbons (Fsp3) is 1.00. The Kier molecular flexibility index (Phi) is 5.25. The lowest BCUT2D eigenvalue weighted by Crippen LogP contribution is -2.41. The van der Waals surface area contributed by atoms with Gasteiger partial charge in [-0.05, 0) is 45.6 Å². The van der Waals surface area contributed by atoms with E-state index in [2.05, 4.69) is 0 Å². The summed E-state index contributed by atoms with van der Waals surface area (Å²) in [7, 11) is 0. The van der Waals surface area contributed by atoms with Gasteiger partial charge in [0.25, 0.3) is 0 Å². The minimum atomic E-state index is -4.11. The van der Waals surface area contributed by atoms with E-state index in [0.717, 1.165) is 25.7 Å². The van der Waals surface area contributed by atoms with Crippen molar-refractivity contribution in [2.24, 2.45) is 11.7 Å². The van der Waals surface area contributed by atoms with Crippen LogP contribution in [0.1, 0.15) is 39.5 Å². The molecule has 0 bridgehead atoms. The molecule has 0 aliphatic heterocycles. The monoisotopic (exact) mass is 252 g/mol. The summed E-state index contributed by atoms with van der Waals surface area (Å²) in [5.74, 6) is 0.407. The predicted octanol–water partition coefficient (Wildman–Crippen LogP) is 2.78. The van der Waals surface area contributed by atoms with Gasteiger partial charge in [0.05, 0.1) is 6.54 Å². The standard InChI is InChI=1S/C12H23F3N2/c1-9(2)17(8-12(13,14)15)7-6-10-4-3-5-11(10)16/h9-11H,3-8,16H2,1-2H3. The third-order valence-electron chi connectivity index (χ3n) is 3.62. The lowest BCUT2D eigenvalue weighted by Gasteiger charge is -2.29. The van der Waals surface area contributed by atoms with Crippen LogP contribution in [0.5, 0.6) is 0 Å². The van der Waals surface area contributed by atoms with Crippen molar-refractivity contribution in [2.45, 2.75) is 57.8 Å². The molecule has 0 amide bonds. The van der Waals surface area contributed by atoms with E-state index in [0.29, 0.717) is 12.5 Å². The highest BCUT2D eigenvalue weighted by Crippen LogP contribution is 2.27. The fourth-order valence-corrected chi connectivity index (χ4v) is 2.51. The summed E-state index contributed by atoms with van der Waals surface area (Å²) < 4.78 is 37.1. The molecule has 2 N–H and O–H groups in total. The van der Waals surface area contributed by atoms with E-state index >= 15 is 0 Å². The molecular weight excluding hydrogens is 229 g/mol. The largest absolute Gasteiger partial charge is 0.401 e. The van der Waals surface area contributed by atoms with E-state index in [4.69, 9.17) is 5.73 Å². The quantitative estimate of drug-likeness (QED) is 0.815. The van der Waals surface area contributed by atoms with Crippen LogP contribution in [0.4, 0.5) is 13.2 Å². The van der Waals surface area contributed by atoms with Crippen LogP contribution >= 0.6 is 0 Å². The van der Waals surface area contributed by atoms with Gasteiger partial charge in [0.1, 0.15) is 0 Å². The summed E-state index contributed by atoms with van der Waals surface area (Å²) in [4.78, 5) is 1.49. The highest BCUT2D eigenvalue weighted by atomic mass is 19.4. The van der Waals surface area contributed by atoms with Crippen molar-refractivity contribution in [1.29, 1.82) is 0 Å². The van der Waals surface area contributed by atoms with Crippen LogP contribution in [0.25, 0.3) is 0 Å². The first-order valence-electron chi connectivity index (χ1n) is 6.36. The van der Waals surface area contributed by atoms with Gasteiger partial charge in [0.15, 0.2) is 0 Å². The van der Waals surface area contributed by atoms with Crippen LogP contribution in [0.3, 0.4) is 0 Å². The first-order valence-corrected chi connectivity index (χ1v) is 6.36. The van der Waals surface area contributed by atoms with E-state index in [1.54, 1.807) is 13.8 Å². The molecule has 0 spiro atoms. The first kappa shape index (κ1) is 14.8. The Labute approximate surface area is 101 Å². The normalized spacial score (nSPS) is 26.1. The summed E-state index contributed by atoms with van der Waals surface area (Å²) in [5.41, 5.74) is 5.93. The molecule has 0 aromatic carbocycles. The Balaban J connectivity index is 2.39. The van der Waals surface area contributed by atoms with Gasteiger partial charge >= 0.3 is 6.18 Å². The highest BCUT2D eigenvalue weighted by Gasteiger charge is 2.32. The maximum absolute atomic E-state index is 12.4.